The van der Waals surface area contributed by atoms with Crippen LogP contribution < -0.4 is 31.9 Å². The van der Waals surface area contributed by atoms with Crippen LogP contribution in [-0.2, 0) is 47.1 Å². The number of alkyl carbamates (subject to hydrolysis) is 1. The molecule has 0 bridgehead atoms. The Morgan fingerprint density at radius 3 is 1.54 bits per heavy atom. The Hall–Kier alpha value is -9.92. The van der Waals surface area contributed by atoms with Crippen molar-refractivity contribution in [2.75, 3.05) is 26.2 Å². The normalized spacial score (nSPS) is 12.9. The second kappa shape index (κ2) is 27.4. The van der Waals surface area contributed by atoms with Crippen molar-refractivity contribution in [2.45, 2.75) is 68.6 Å². The van der Waals surface area contributed by atoms with Crippen LogP contribution in [0.3, 0.4) is 0 Å². The van der Waals surface area contributed by atoms with E-state index in [-0.39, 0.29) is 31.8 Å². The number of carboxylic acid groups (broad SMARTS) is 1. The van der Waals surface area contributed by atoms with E-state index in [1.54, 1.807) is 0 Å². The van der Waals surface area contributed by atoms with Crippen LogP contribution in [0.25, 0.3) is 32.7 Å². The number of carboxylic acids is 1. The molecule has 0 saturated heterocycles. The molecule has 14 heteroatoms. The molecule has 1 aliphatic rings. The van der Waals surface area contributed by atoms with Gasteiger partial charge in [0.25, 0.3) is 0 Å². The van der Waals surface area contributed by atoms with Crippen LogP contribution in [0.1, 0.15) is 69.7 Å². The topological polar surface area (TPSA) is 204 Å². The Balaban J connectivity index is 0.770. The quantitative estimate of drug-likeness (QED) is 0.0215. The van der Waals surface area contributed by atoms with E-state index in [2.05, 4.69) is 80.4 Å². The number of hydrogen-bond acceptors (Lipinski definition) is 8. The van der Waals surface area contributed by atoms with Gasteiger partial charge < -0.3 is 36.4 Å². The number of aryl methyl sites for hydroxylation is 1. The third kappa shape index (κ3) is 14.3. The summed E-state index contributed by atoms with van der Waals surface area (Å²) in [5.41, 5.74) is 9.26. The van der Waals surface area contributed by atoms with Gasteiger partial charge in [0, 0.05) is 18.8 Å². The number of aliphatic carboxylic acids is 1. The van der Waals surface area contributed by atoms with Gasteiger partial charge in [0.1, 0.15) is 24.7 Å². The minimum Gasteiger partial charge on any atom is -0.480 e. The van der Waals surface area contributed by atoms with E-state index < -0.39 is 72.4 Å². The summed E-state index contributed by atoms with van der Waals surface area (Å²) in [4.78, 5) is 81.8. The minimum absolute atomic E-state index is 0.0143. The Morgan fingerprint density at radius 2 is 0.976 bits per heavy atom. The van der Waals surface area contributed by atoms with Gasteiger partial charge in [-0.2, -0.15) is 0 Å². The summed E-state index contributed by atoms with van der Waals surface area (Å²) >= 11 is 0. The molecule has 9 aromatic rings. The van der Waals surface area contributed by atoms with Gasteiger partial charge in [0.2, 0.25) is 23.6 Å². The molecule has 7 N–H and O–H groups in total. The number of amides is 5. The summed E-state index contributed by atoms with van der Waals surface area (Å²) in [7, 11) is 0. The average molecular weight is 1130 g/mol. The van der Waals surface area contributed by atoms with Crippen LogP contribution in [0, 0.1) is 6.92 Å². The Labute approximate surface area is 494 Å². The van der Waals surface area contributed by atoms with Crippen LogP contribution in [0.5, 0.6) is 0 Å². The molecule has 0 saturated carbocycles. The predicted molar refractivity (Wildman–Crippen MR) is 331 cm³/mol. The number of unbranched alkanes of at least 4 members (excludes halogenated alkanes) is 1. The molecule has 5 amide bonds. The highest BCUT2D eigenvalue weighted by Crippen LogP contribution is 2.44. The maximum absolute atomic E-state index is 14.7. The predicted octanol–water partition coefficient (Wildman–Crippen LogP) is 10.0. The molecule has 10 rings (SSSR count). The lowest BCUT2D eigenvalue weighted by atomic mass is 9.76. The van der Waals surface area contributed by atoms with Gasteiger partial charge in [-0.25, -0.2) is 9.59 Å². The van der Waals surface area contributed by atoms with Crippen LogP contribution in [0.4, 0.5) is 4.79 Å². The third-order valence-electron chi connectivity index (χ3n) is 15.8. The van der Waals surface area contributed by atoms with E-state index >= 15 is 0 Å². The molecule has 0 heterocycles. The molecule has 0 aliphatic heterocycles. The molecular formula is C71H68N6O8. The van der Waals surface area contributed by atoms with Crippen molar-refractivity contribution in [3.63, 3.8) is 0 Å². The fraction of sp³-hybridized carbons (Fsp3) is 0.211. The summed E-state index contributed by atoms with van der Waals surface area (Å²) in [6, 6.07) is 68.1. The average Bonchev–Trinajstić information content (AvgIpc) is 3.52. The third-order valence-corrected chi connectivity index (χ3v) is 15.8. The van der Waals surface area contributed by atoms with Gasteiger partial charge >= 0.3 is 12.1 Å². The van der Waals surface area contributed by atoms with Gasteiger partial charge in [0.05, 0.1) is 18.6 Å². The fourth-order valence-corrected chi connectivity index (χ4v) is 11.4. The van der Waals surface area contributed by atoms with Gasteiger partial charge in [-0.1, -0.05) is 224 Å². The Bertz CT molecular complexity index is 3750. The van der Waals surface area contributed by atoms with Crippen molar-refractivity contribution in [2.24, 2.45) is 0 Å². The van der Waals surface area contributed by atoms with Crippen LogP contribution >= 0.6 is 0 Å². The van der Waals surface area contributed by atoms with E-state index in [9.17, 15) is 33.9 Å². The van der Waals surface area contributed by atoms with Gasteiger partial charge in [-0.05, 0) is 104 Å². The Kier molecular flexibility index (Phi) is 18.8. The Morgan fingerprint density at radius 1 is 0.482 bits per heavy atom. The second-order valence-corrected chi connectivity index (χ2v) is 21.6. The number of hydrogen-bond donors (Lipinski definition) is 7. The number of nitrogens with one attached hydrogen (secondary N) is 6. The second-order valence-electron chi connectivity index (χ2n) is 21.6. The van der Waals surface area contributed by atoms with E-state index in [1.165, 1.54) is 0 Å². The van der Waals surface area contributed by atoms with Crippen LogP contribution in [-0.4, -0.2) is 85.2 Å². The zero-order valence-electron chi connectivity index (χ0n) is 47.3. The van der Waals surface area contributed by atoms with Crippen molar-refractivity contribution < 1.29 is 38.6 Å². The van der Waals surface area contributed by atoms with Gasteiger partial charge in [-0.3, -0.25) is 24.5 Å². The number of rotatable bonds is 25. The molecule has 85 heavy (non-hydrogen) atoms. The summed E-state index contributed by atoms with van der Waals surface area (Å²) in [6.45, 7) is 1.47. The molecule has 1 aliphatic carbocycles. The molecule has 0 aromatic heterocycles. The first-order valence-corrected chi connectivity index (χ1v) is 28.8. The number of benzene rings is 9. The largest absolute Gasteiger partial charge is 0.480 e. The maximum Gasteiger partial charge on any atom is 0.407 e. The summed E-state index contributed by atoms with van der Waals surface area (Å²) < 4.78 is 5.92. The first-order chi connectivity index (χ1) is 41.4. The highest BCUT2D eigenvalue weighted by Gasteiger charge is 2.36. The van der Waals surface area contributed by atoms with E-state index in [0.29, 0.717) is 19.4 Å². The van der Waals surface area contributed by atoms with Crippen molar-refractivity contribution in [1.82, 2.24) is 31.9 Å². The number of ether oxygens (including phenoxy) is 1. The molecule has 0 fully saturated rings. The number of carbonyl (C=O) groups is 6. The number of carbonyl (C=O) groups excluding carboxylic acids is 5. The monoisotopic (exact) mass is 1130 g/mol. The van der Waals surface area contributed by atoms with E-state index in [4.69, 9.17) is 4.74 Å². The maximum atomic E-state index is 14.7. The van der Waals surface area contributed by atoms with Crippen LogP contribution in [0.15, 0.2) is 218 Å². The lowest BCUT2D eigenvalue weighted by molar-refractivity contribution is -0.142. The van der Waals surface area contributed by atoms with Crippen LogP contribution in [0.2, 0.25) is 0 Å². The smallest absolute Gasteiger partial charge is 0.407 e. The van der Waals surface area contributed by atoms with Gasteiger partial charge in [0.15, 0.2) is 0 Å². The highest BCUT2D eigenvalue weighted by atomic mass is 16.5. The molecular weight excluding hydrogens is 1060 g/mol. The zero-order chi connectivity index (χ0) is 59.1. The van der Waals surface area contributed by atoms with Crippen molar-refractivity contribution >= 4 is 57.2 Å². The summed E-state index contributed by atoms with van der Waals surface area (Å²) in [5, 5.41) is 31.1. The number of fused-ring (bicyclic) bond motifs is 5. The minimum atomic E-state index is -1.24. The lowest BCUT2D eigenvalue weighted by Gasteiger charge is -2.37. The highest BCUT2D eigenvalue weighted by molar-refractivity contribution is 5.95. The molecule has 430 valence electrons. The molecule has 14 nitrogen and oxygen atoms in total. The zero-order valence-corrected chi connectivity index (χ0v) is 47.3. The molecule has 0 radical (unpaired) electrons. The van der Waals surface area contributed by atoms with Crippen molar-refractivity contribution in [3.8, 4) is 11.1 Å². The van der Waals surface area contributed by atoms with Crippen molar-refractivity contribution in [1.29, 1.82) is 0 Å². The summed E-state index contributed by atoms with van der Waals surface area (Å²) in [6.07, 6.45) is 0.434. The van der Waals surface area contributed by atoms with Crippen molar-refractivity contribution in [3.05, 3.63) is 263 Å². The molecule has 0 unspecified atom stereocenters. The SMILES string of the molecule is Cc1ccc(C(NCCCC[C@H](NC(=O)CNC(=O)CNC(=O)[C@@H](Cc2ccc3ccccc3c2)NC(=O)[C@H](Cc2ccc3ccccc3c2)NC(=O)OCC2c3ccccc3-c3ccccc32)C(=O)O)(c2ccccc2)c2ccccc2)cc1. The lowest BCUT2D eigenvalue weighted by Crippen LogP contribution is -2.56. The first-order valence-electron chi connectivity index (χ1n) is 28.8. The molecule has 0 spiro atoms. The van der Waals surface area contributed by atoms with E-state index in [1.807, 2.05) is 177 Å². The molecule has 9 aromatic carbocycles. The summed E-state index contributed by atoms with van der Waals surface area (Å²) in [5.74, 6) is -4.25. The fourth-order valence-electron chi connectivity index (χ4n) is 11.4. The first kappa shape index (κ1) is 58.3. The van der Waals surface area contributed by atoms with E-state index in [0.717, 1.165) is 77.2 Å². The van der Waals surface area contributed by atoms with Gasteiger partial charge in [-0.15, -0.1) is 0 Å². The standard InChI is InChI=1S/C71H68N6O8/c1-47-31-37-56(38-32-47)71(54-22-4-2-5-23-54,55-24-6-3-7-25-55)74-39-17-16-30-62(69(82)83)75-66(79)45-72-65(78)44-73-67(80)63(42-48-33-35-50-18-8-10-20-52(50)40-48)76-68(81)64(43-49-34-36-51-19-9-11-21-53(51)41-49)77-70(84)85-46-61-59-28-14-12-26-57(59)58-27-13-15-29-60(58)61/h2-15,18-29,31-38,40-41,61-64,74H,16-17,30,39,42-46H2,1H3,(H,72,78)(H,73,80)(H,75,79)(H,76,81)(H,77,84)(H,82,83)/t62-,63+,64-/m0/s1. The molecule has 3 atom stereocenters.